The number of benzene rings is 2. The number of fused-ring (bicyclic) bond motifs is 2. The predicted molar refractivity (Wildman–Crippen MR) is 134 cm³/mol. The first-order valence-corrected chi connectivity index (χ1v) is 12.6. The van der Waals surface area contributed by atoms with Crippen LogP contribution in [0.4, 0.5) is 10.5 Å². The van der Waals surface area contributed by atoms with Crippen molar-refractivity contribution in [3.63, 3.8) is 0 Å². The Morgan fingerprint density at radius 3 is 2.62 bits per heavy atom. The third-order valence-electron chi connectivity index (χ3n) is 5.99. The van der Waals surface area contributed by atoms with Gasteiger partial charge in [0.05, 0.1) is 24.4 Å². The van der Waals surface area contributed by atoms with Gasteiger partial charge in [-0.1, -0.05) is 40.2 Å². The highest BCUT2D eigenvalue weighted by Gasteiger charge is 2.40. The van der Waals surface area contributed by atoms with Crippen LogP contribution >= 0.6 is 15.9 Å². The summed E-state index contributed by atoms with van der Waals surface area (Å²) in [6, 6.07) is 11.4. The van der Waals surface area contributed by atoms with Crippen LogP contribution in [-0.2, 0) is 16.7 Å². The number of nitrogens with zero attached hydrogens (tertiary/aromatic N) is 2. The molecule has 0 spiro atoms. The fraction of sp³-hybridized carbons (Fsp3) is 0.462. The molecule has 2 aromatic rings. The molecular weight excluding hydrogens is 500 g/mol. The van der Waals surface area contributed by atoms with Gasteiger partial charge in [0.2, 0.25) is 0 Å². The predicted octanol–water partition coefficient (Wildman–Crippen LogP) is 5.53. The van der Waals surface area contributed by atoms with Crippen molar-refractivity contribution in [3.05, 3.63) is 53.1 Å². The summed E-state index contributed by atoms with van der Waals surface area (Å²) in [5.41, 5.74) is 2.40. The second-order valence-corrected chi connectivity index (χ2v) is 10.2. The Morgan fingerprint density at radius 2 is 1.91 bits per heavy atom. The molecule has 0 N–H and O–H groups in total. The van der Waals surface area contributed by atoms with Gasteiger partial charge in [0, 0.05) is 24.5 Å². The van der Waals surface area contributed by atoms with Crippen LogP contribution < -0.4 is 14.4 Å². The number of alkyl halides is 1. The average Bonchev–Trinajstić information content (AvgIpc) is 3.23. The smallest absolute Gasteiger partial charge is 0.414 e. The second kappa shape index (κ2) is 9.86. The number of hydrogen-bond donors (Lipinski definition) is 0. The van der Waals surface area contributed by atoms with Crippen LogP contribution in [0.25, 0.3) is 0 Å². The number of halogens is 1. The number of ether oxygens (including phenoxy) is 3. The van der Waals surface area contributed by atoms with Crippen LogP contribution in [0.1, 0.15) is 55.1 Å². The number of anilines is 1. The van der Waals surface area contributed by atoms with Crippen molar-refractivity contribution in [3.8, 4) is 11.5 Å². The molecule has 0 aromatic heterocycles. The lowest BCUT2D eigenvalue weighted by atomic mass is 10.1. The molecule has 0 bridgehead atoms. The summed E-state index contributed by atoms with van der Waals surface area (Å²) in [6.07, 6.45) is 1.29. The molecule has 2 aliphatic rings. The number of amides is 2. The van der Waals surface area contributed by atoms with Crippen molar-refractivity contribution >= 4 is 33.6 Å². The quantitative estimate of drug-likeness (QED) is 0.475. The van der Waals surface area contributed by atoms with Crippen LogP contribution in [0.5, 0.6) is 11.5 Å². The molecule has 0 aliphatic carbocycles. The first-order chi connectivity index (χ1) is 16.2. The van der Waals surface area contributed by atoms with E-state index in [2.05, 4.69) is 22.0 Å². The number of carbonyl (C=O) groups is 2. The van der Waals surface area contributed by atoms with Crippen molar-refractivity contribution in [1.82, 2.24) is 4.90 Å². The van der Waals surface area contributed by atoms with Crippen molar-refractivity contribution < 1.29 is 23.8 Å². The molecule has 182 valence electrons. The van der Waals surface area contributed by atoms with Crippen LogP contribution in [0.3, 0.4) is 0 Å². The molecule has 0 saturated carbocycles. The molecule has 2 amide bonds. The lowest BCUT2D eigenvalue weighted by molar-refractivity contribution is 0.0566. The first kappa shape index (κ1) is 24.4. The van der Waals surface area contributed by atoms with Crippen molar-refractivity contribution in [2.24, 2.45) is 0 Å². The third kappa shape index (κ3) is 5.17. The van der Waals surface area contributed by atoms with Gasteiger partial charge >= 0.3 is 6.09 Å². The zero-order chi connectivity index (χ0) is 24.5. The third-order valence-corrected chi connectivity index (χ3v) is 6.64. The van der Waals surface area contributed by atoms with Crippen molar-refractivity contribution in [2.45, 2.75) is 57.2 Å². The van der Waals surface area contributed by atoms with Crippen LogP contribution in [0.2, 0.25) is 0 Å². The zero-order valence-electron chi connectivity index (χ0n) is 20.1. The molecule has 2 aliphatic heterocycles. The number of methoxy groups -OCH3 is 1. The molecule has 8 heteroatoms. The molecule has 1 unspecified atom stereocenters. The summed E-state index contributed by atoms with van der Waals surface area (Å²) in [4.78, 5) is 30.1. The fourth-order valence-corrected chi connectivity index (χ4v) is 4.78. The second-order valence-electron chi connectivity index (χ2n) is 9.65. The molecule has 1 saturated heterocycles. The largest absolute Gasteiger partial charge is 0.493 e. The monoisotopic (exact) mass is 530 g/mol. The Balaban J connectivity index is 1.72. The average molecular weight is 531 g/mol. The highest BCUT2D eigenvalue weighted by Crippen LogP contribution is 2.40. The minimum atomic E-state index is -0.658. The lowest BCUT2D eigenvalue weighted by Crippen LogP contribution is -2.43. The Bertz CT molecular complexity index is 1080. The lowest BCUT2D eigenvalue weighted by Gasteiger charge is -2.29. The van der Waals surface area contributed by atoms with Gasteiger partial charge in [-0.2, -0.15) is 0 Å². The van der Waals surface area contributed by atoms with E-state index in [0.29, 0.717) is 42.4 Å². The highest BCUT2D eigenvalue weighted by atomic mass is 79.9. The summed E-state index contributed by atoms with van der Waals surface area (Å²) in [5.74, 6) is 0.817. The normalized spacial score (nSPS) is 17.7. The Morgan fingerprint density at radius 1 is 1.15 bits per heavy atom. The van der Waals surface area contributed by atoms with Gasteiger partial charge in [-0.05, 0) is 50.8 Å². The fourth-order valence-electron chi connectivity index (χ4n) is 4.43. The molecule has 1 atom stereocenters. The van der Waals surface area contributed by atoms with E-state index >= 15 is 0 Å². The molecule has 2 aromatic carbocycles. The summed E-state index contributed by atoms with van der Waals surface area (Å²) in [7, 11) is 1.55. The van der Waals surface area contributed by atoms with E-state index < -0.39 is 11.7 Å². The SMILES string of the molecule is COc1cc2c(cc1OCc1cccc(CBr)c1)N(C(=O)OC(C)(C)C)CC1CCCN1C2=O. The minimum Gasteiger partial charge on any atom is -0.493 e. The molecule has 1 fully saturated rings. The van der Waals surface area contributed by atoms with Crippen LogP contribution in [-0.4, -0.2) is 48.7 Å². The topological polar surface area (TPSA) is 68.3 Å². The van der Waals surface area contributed by atoms with E-state index in [-0.39, 0.29) is 11.9 Å². The molecule has 34 heavy (non-hydrogen) atoms. The Hall–Kier alpha value is -2.74. The summed E-state index contributed by atoms with van der Waals surface area (Å²) < 4.78 is 17.4. The van der Waals surface area contributed by atoms with Crippen molar-refractivity contribution in [1.29, 1.82) is 0 Å². The molecule has 2 heterocycles. The van der Waals surface area contributed by atoms with E-state index in [1.54, 1.807) is 24.1 Å². The minimum absolute atomic E-state index is 0.0465. The van der Waals surface area contributed by atoms with Gasteiger partial charge in [0.1, 0.15) is 12.2 Å². The maximum atomic E-state index is 13.4. The highest BCUT2D eigenvalue weighted by molar-refractivity contribution is 9.08. The number of rotatable bonds is 5. The van der Waals surface area contributed by atoms with E-state index in [9.17, 15) is 9.59 Å². The summed E-state index contributed by atoms with van der Waals surface area (Å²) >= 11 is 3.48. The summed E-state index contributed by atoms with van der Waals surface area (Å²) in [6.45, 7) is 6.88. The standard InChI is InChI=1S/C26H31BrN2O5/c1-26(2,3)34-25(31)29-15-19-9-6-10-28(19)24(30)20-12-22(32-4)23(13-21(20)29)33-16-18-8-5-7-17(11-18)14-27/h5,7-8,11-13,19H,6,9-10,14-16H2,1-4H3. The van der Waals surface area contributed by atoms with Gasteiger partial charge in [-0.15, -0.1) is 0 Å². The van der Waals surface area contributed by atoms with E-state index in [1.807, 2.05) is 43.9 Å². The zero-order valence-corrected chi connectivity index (χ0v) is 21.7. The molecule has 4 rings (SSSR count). The van der Waals surface area contributed by atoms with Gasteiger partial charge in [-0.25, -0.2) is 4.79 Å². The van der Waals surface area contributed by atoms with Gasteiger partial charge < -0.3 is 19.1 Å². The Labute approximate surface area is 209 Å². The van der Waals surface area contributed by atoms with Gasteiger partial charge in [0.25, 0.3) is 5.91 Å². The maximum absolute atomic E-state index is 13.4. The van der Waals surface area contributed by atoms with Crippen molar-refractivity contribution in [2.75, 3.05) is 25.1 Å². The van der Waals surface area contributed by atoms with Crippen LogP contribution in [0, 0.1) is 0 Å². The van der Waals surface area contributed by atoms with E-state index in [4.69, 9.17) is 14.2 Å². The Kier molecular flexibility index (Phi) is 7.07. The number of hydrogen-bond acceptors (Lipinski definition) is 5. The summed E-state index contributed by atoms with van der Waals surface area (Å²) in [5, 5.41) is 0.758. The van der Waals surface area contributed by atoms with Crippen LogP contribution in [0.15, 0.2) is 36.4 Å². The van der Waals surface area contributed by atoms with E-state index in [1.165, 1.54) is 0 Å². The number of carbonyl (C=O) groups excluding carboxylic acids is 2. The molecule has 0 radical (unpaired) electrons. The first-order valence-electron chi connectivity index (χ1n) is 11.5. The molecule has 7 nitrogen and oxygen atoms in total. The maximum Gasteiger partial charge on any atom is 0.414 e. The van der Waals surface area contributed by atoms with E-state index in [0.717, 1.165) is 29.3 Å². The molecular formula is C26H31BrN2O5. The van der Waals surface area contributed by atoms with Gasteiger partial charge in [-0.3, -0.25) is 9.69 Å². The van der Waals surface area contributed by atoms with Gasteiger partial charge in [0.15, 0.2) is 11.5 Å².